The first-order valence-corrected chi connectivity index (χ1v) is 27.2. The number of nitro benzene ring substituents is 1. The number of rotatable bonds is 11. The highest BCUT2D eigenvalue weighted by Gasteiger charge is 2.50. The van der Waals surface area contributed by atoms with Crippen LogP contribution in [0.25, 0.3) is 16.6 Å². The monoisotopic (exact) mass is 1010 g/mol. The smallest absolute Gasteiger partial charge is 0.297 e. The number of amides is 1. The van der Waals surface area contributed by atoms with Crippen molar-refractivity contribution < 1.29 is 37.1 Å². The molecule has 3 N–H and O–H groups in total. The molecular weight excluding hydrogens is 951 g/mol. The number of hydrogen-bond acceptors (Lipinski definition) is 15. The molecule has 384 valence electrons. The molecule has 5 atom stereocenters. The van der Waals surface area contributed by atoms with Crippen LogP contribution < -0.4 is 29.3 Å². The summed E-state index contributed by atoms with van der Waals surface area (Å²) in [5.41, 5.74) is 6.39. The van der Waals surface area contributed by atoms with Crippen molar-refractivity contribution in [2.45, 2.75) is 107 Å². The summed E-state index contributed by atoms with van der Waals surface area (Å²) in [4.78, 5) is 43.5. The second-order valence-electron chi connectivity index (χ2n) is 21.5. The average Bonchev–Trinajstić information content (AvgIpc) is 4.04. The van der Waals surface area contributed by atoms with Crippen LogP contribution in [0.15, 0.2) is 84.4 Å². The van der Waals surface area contributed by atoms with Gasteiger partial charge in [0.25, 0.3) is 21.6 Å². The molecule has 1 amide bonds. The largest absolute Gasteiger partial charge is 0.489 e. The molecule has 3 aromatic carbocycles. The first kappa shape index (κ1) is 47.7. The maximum atomic E-state index is 14.6. The number of likely N-dealkylation sites (tertiary alicyclic amines) is 1. The van der Waals surface area contributed by atoms with E-state index in [0.717, 1.165) is 55.2 Å². The maximum Gasteiger partial charge on any atom is 0.297 e. The number of aromatic amines is 1. The van der Waals surface area contributed by atoms with E-state index in [2.05, 4.69) is 74.4 Å². The third-order valence-corrected chi connectivity index (χ3v) is 18.0. The number of pyridine rings is 1. The lowest BCUT2D eigenvalue weighted by molar-refractivity contribution is -0.384. The van der Waals surface area contributed by atoms with Gasteiger partial charge in [-0.05, 0) is 113 Å². The molecule has 0 unspecified atom stereocenters. The number of nitro groups is 1. The lowest BCUT2D eigenvalue weighted by Gasteiger charge is -2.56. The van der Waals surface area contributed by atoms with Crippen molar-refractivity contribution in [3.8, 4) is 11.6 Å². The van der Waals surface area contributed by atoms with E-state index in [4.69, 9.17) is 23.9 Å². The van der Waals surface area contributed by atoms with Crippen molar-refractivity contribution in [3.63, 3.8) is 0 Å². The fraction of sp³-hybridized carbons (Fsp3) is 0.481. The number of aromatic nitrogens is 2. The average molecular weight is 1010 g/mol. The van der Waals surface area contributed by atoms with Gasteiger partial charge in [-0.3, -0.25) is 24.7 Å². The molecule has 8 heterocycles. The molecule has 18 nitrogen and oxygen atoms in total. The molecule has 12 rings (SSSR count). The van der Waals surface area contributed by atoms with Crippen LogP contribution in [-0.4, -0.2) is 135 Å². The van der Waals surface area contributed by atoms with Crippen molar-refractivity contribution in [2.24, 2.45) is 5.41 Å². The highest BCUT2D eigenvalue weighted by molar-refractivity contribution is 7.90. The Labute approximate surface area is 425 Å². The van der Waals surface area contributed by atoms with E-state index in [1.54, 1.807) is 12.3 Å². The van der Waals surface area contributed by atoms with Gasteiger partial charge in [0.1, 0.15) is 24.0 Å². The Morgan fingerprint density at radius 3 is 2.51 bits per heavy atom. The summed E-state index contributed by atoms with van der Waals surface area (Å²) in [6.45, 7) is 16.0. The first-order valence-electron chi connectivity index (χ1n) is 25.8. The molecule has 1 aliphatic carbocycles. The van der Waals surface area contributed by atoms with Crippen LogP contribution in [0.3, 0.4) is 0 Å². The van der Waals surface area contributed by atoms with Gasteiger partial charge >= 0.3 is 0 Å². The second-order valence-corrected chi connectivity index (χ2v) is 23.1. The maximum absolute atomic E-state index is 14.6. The Morgan fingerprint density at radius 2 is 1.74 bits per heavy atom. The second kappa shape index (κ2) is 18.6. The Morgan fingerprint density at radius 1 is 0.932 bits per heavy atom. The molecule has 19 heteroatoms. The quantitative estimate of drug-likeness (QED) is 0.0856. The first-order chi connectivity index (χ1) is 35.2. The van der Waals surface area contributed by atoms with Gasteiger partial charge in [-0.25, -0.2) is 13.1 Å². The summed E-state index contributed by atoms with van der Waals surface area (Å²) in [5.74, 6) is -0.524. The third-order valence-electron chi connectivity index (χ3n) is 16.7. The van der Waals surface area contributed by atoms with Crippen molar-refractivity contribution in [1.29, 1.82) is 0 Å². The van der Waals surface area contributed by atoms with Crippen molar-refractivity contribution in [2.75, 3.05) is 74.3 Å². The van der Waals surface area contributed by atoms with Crippen LogP contribution in [0.1, 0.15) is 86.8 Å². The number of fused-ring (bicyclic) bond motifs is 3. The van der Waals surface area contributed by atoms with Gasteiger partial charge in [0.05, 0.1) is 65.6 Å². The van der Waals surface area contributed by atoms with E-state index in [9.17, 15) is 23.3 Å². The fourth-order valence-corrected chi connectivity index (χ4v) is 13.7. The number of allylic oxidation sites excluding steroid dienone is 1. The Kier molecular flexibility index (Phi) is 12.2. The van der Waals surface area contributed by atoms with E-state index in [1.807, 2.05) is 36.1 Å². The van der Waals surface area contributed by atoms with Gasteiger partial charge in [-0.15, -0.1) is 0 Å². The number of carbonyl (C=O) groups is 1. The number of ether oxygens (including phenoxy) is 4. The summed E-state index contributed by atoms with van der Waals surface area (Å²) in [7, 11) is -4.70. The molecule has 5 fully saturated rings. The number of hydrogen-bond donors (Lipinski definition) is 3. The fourth-order valence-electron chi connectivity index (χ4n) is 12.7. The molecule has 1 saturated carbocycles. The predicted molar refractivity (Wildman–Crippen MR) is 278 cm³/mol. The molecule has 2 aromatic heterocycles. The van der Waals surface area contributed by atoms with Gasteiger partial charge < -0.3 is 39.0 Å². The van der Waals surface area contributed by atoms with E-state index in [1.165, 1.54) is 42.9 Å². The minimum atomic E-state index is -4.70. The summed E-state index contributed by atoms with van der Waals surface area (Å²) in [6.07, 6.45) is 7.93. The zero-order valence-electron chi connectivity index (χ0n) is 41.5. The van der Waals surface area contributed by atoms with Crippen LogP contribution in [0.4, 0.5) is 28.4 Å². The van der Waals surface area contributed by atoms with E-state index in [-0.39, 0.29) is 53.3 Å². The number of morpholine rings is 1. The number of anilines is 4. The molecule has 5 aromatic rings. The number of sulfonamides is 1. The number of H-pyrrole nitrogens is 1. The number of piperidine rings is 1. The third kappa shape index (κ3) is 8.75. The van der Waals surface area contributed by atoms with Crippen molar-refractivity contribution >= 4 is 61.0 Å². The van der Waals surface area contributed by atoms with Crippen LogP contribution in [0.2, 0.25) is 0 Å². The van der Waals surface area contributed by atoms with E-state index in [0.29, 0.717) is 67.9 Å². The molecule has 0 bridgehead atoms. The Balaban J connectivity index is 0.796. The Hall–Kier alpha value is -6.25. The van der Waals surface area contributed by atoms with Crippen molar-refractivity contribution in [3.05, 3.63) is 106 Å². The minimum Gasteiger partial charge on any atom is -0.489 e. The van der Waals surface area contributed by atoms with Crippen LogP contribution in [0.5, 0.6) is 11.6 Å². The van der Waals surface area contributed by atoms with Crippen LogP contribution in [0, 0.1) is 15.5 Å². The van der Waals surface area contributed by atoms with Gasteiger partial charge in [0.15, 0.2) is 11.4 Å². The molecular formula is C54H63N9O9S. The van der Waals surface area contributed by atoms with E-state index >= 15 is 0 Å². The summed E-state index contributed by atoms with van der Waals surface area (Å²) >= 11 is 0. The van der Waals surface area contributed by atoms with Crippen LogP contribution >= 0.6 is 0 Å². The normalized spacial score (nSPS) is 25.4. The van der Waals surface area contributed by atoms with Gasteiger partial charge in [-0.1, -0.05) is 36.4 Å². The molecule has 6 aliphatic heterocycles. The molecule has 0 radical (unpaired) electrons. The highest BCUT2D eigenvalue weighted by Crippen LogP contribution is 2.55. The number of benzene rings is 3. The minimum absolute atomic E-state index is 0.00966. The zero-order valence-corrected chi connectivity index (χ0v) is 42.4. The number of nitrogens with one attached hydrogen (secondary N) is 3. The SMILES string of the molecule is C=C(C)c1ccccc1[C@@H]1CCCN1C1CC2(CCN(c3ccc(C(=O)NS(=O)(=O)c4cc5c(c([N+](=O)[O-])c4)N[C@H]([C@H]4CN(C6COC6)[C@H](C)CO4)CO5)c(N4C[C@@H](C)Oc5nc6[nH]ccc6cc54)c3)CC2)C1. The number of nitrogens with zero attached hydrogens (tertiary/aromatic N) is 6. The van der Waals surface area contributed by atoms with Crippen LogP contribution in [-0.2, 0) is 19.5 Å². The standard InChI is InChI=1S/C54H63N9O9S/c1-32(2)40-8-5-6-9-41(40)44-10-7-17-60(44)37-24-54(25-37)14-18-59(19-15-54)36-11-12-42(45(21-36)62-26-34(4)72-53-47(62)20-35-13-16-55-51(35)57-53)52(64)58-73(67,68)39-22-46(63(65)66)50-48(23-39)71-31-43(56-50)49-27-61(33(3)28-70-49)38-29-69-30-38/h5-6,8-9,11-13,16,20-23,33-34,37-38,43-44,49,56H,1,7,10,14-15,17-19,24-31H2,2-4H3,(H,55,57)(H,58,64)/t33-,34-,43+,44+,49-/m1/s1. The van der Waals surface area contributed by atoms with Gasteiger partial charge in [0, 0.05) is 67.2 Å². The molecule has 7 aliphatic rings. The summed E-state index contributed by atoms with van der Waals surface area (Å²) in [5, 5.41) is 16.7. The zero-order chi connectivity index (χ0) is 50.3. The summed E-state index contributed by atoms with van der Waals surface area (Å²) < 4.78 is 54.9. The molecule has 1 spiro atoms. The summed E-state index contributed by atoms with van der Waals surface area (Å²) in [6, 6.07) is 21.3. The molecule has 73 heavy (non-hydrogen) atoms. The van der Waals surface area contributed by atoms with Crippen molar-refractivity contribution in [1.82, 2.24) is 24.5 Å². The van der Waals surface area contributed by atoms with E-state index < -0.39 is 37.5 Å². The lowest BCUT2D eigenvalue weighted by Crippen LogP contribution is -2.62. The number of carbonyl (C=O) groups excluding carboxylic acids is 1. The topological polar surface area (TPSA) is 197 Å². The lowest BCUT2D eigenvalue weighted by atomic mass is 9.59. The molecule has 4 saturated heterocycles. The highest BCUT2D eigenvalue weighted by atomic mass is 32.2. The van der Waals surface area contributed by atoms with Gasteiger partial charge in [-0.2, -0.15) is 4.98 Å². The van der Waals surface area contributed by atoms with Gasteiger partial charge in [0.2, 0.25) is 5.88 Å². The Bertz CT molecular complexity index is 3110. The predicted octanol–water partition coefficient (Wildman–Crippen LogP) is 7.79.